The molecule has 0 heterocycles. The average molecular weight is 265 g/mol. The predicted octanol–water partition coefficient (Wildman–Crippen LogP) is 3.25. The van der Waals surface area contributed by atoms with Gasteiger partial charge in [0.1, 0.15) is 12.4 Å². The highest BCUT2D eigenvalue weighted by Crippen LogP contribution is 2.29. The van der Waals surface area contributed by atoms with Gasteiger partial charge in [-0.15, -0.1) is 0 Å². The molecule has 2 N–H and O–H groups in total. The van der Waals surface area contributed by atoms with Gasteiger partial charge >= 0.3 is 0 Å². The minimum atomic E-state index is -0.227. The molecule has 1 aliphatic rings. The van der Waals surface area contributed by atoms with Crippen LogP contribution in [-0.4, -0.2) is 12.1 Å². The summed E-state index contributed by atoms with van der Waals surface area (Å²) in [4.78, 5) is 0. The van der Waals surface area contributed by atoms with Crippen molar-refractivity contribution in [2.45, 2.75) is 37.6 Å². The monoisotopic (exact) mass is 264 g/mol. The normalized spacial score (nSPS) is 18.1. The number of hydrogen-bond acceptors (Lipinski definition) is 3. The van der Waals surface area contributed by atoms with E-state index in [1.807, 2.05) is 6.07 Å². The van der Waals surface area contributed by atoms with Crippen molar-refractivity contribution in [3.63, 3.8) is 0 Å². The maximum absolute atomic E-state index is 8.76. The largest absolute Gasteiger partial charge is 0.490 e. The number of nitrogens with two attached hydrogens (primary N) is 1. The van der Waals surface area contributed by atoms with Gasteiger partial charge in [-0.1, -0.05) is 30.9 Å². The number of nitriles is 1. The molecule has 0 saturated heterocycles. The van der Waals surface area contributed by atoms with Gasteiger partial charge in [-0.25, -0.2) is 0 Å². The van der Waals surface area contributed by atoms with Gasteiger partial charge in [-0.05, 0) is 31.0 Å². The average Bonchev–Trinajstić information content (AvgIpc) is 2.38. The SMILES string of the molecule is N#Cc1ccc(OCC2(N)CCCCC2)c(Cl)c1. The molecule has 1 fully saturated rings. The van der Waals surface area contributed by atoms with Crippen LogP contribution < -0.4 is 10.5 Å². The molecular formula is C14H17ClN2O. The summed E-state index contributed by atoms with van der Waals surface area (Å²) in [5, 5.41) is 9.22. The number of ether oxygens (including phenoxy) is 1. The zero-order chi connectivity index (χ0) is 13.0. The van der Waals surface area contributed by atoms with Gasteiger partial charge in [0.05, 0.1) is 22.2 Å². The first-order valence-electron chi connectivity index (χ1n) is 6.24. The third-order valence-electron chi connectivity index (χ3n) is 3.43. The molecule has 0 aliphatic heterocycles. The highest BCUT2D eigenvalue weighted by molar-refractivity contribution is 6.32. The third-order valence-corrected chi connectivity index (χ3v) is 3.72. The molecule has 0 atom stereocenters. The summed E-state index contributed by atoms with van der Waals surface area (Å²) in [5.41, 5.74) is 6.60. The summed E-state index contributed by atoms with van der Waals surface area (Å²) < 4.78 is 5.71. The van der Waals surface area contributed by atoms with Crippen molar-refractivity contribution in [2.24, 2.45) is 5.73 Å². The molecule has 1 aliphatic carbocycles. The Hall–Kier alpha value is -1.24. The Morgan fingerprint density at radius 2 is 2.06 bits per heavy atom. The van der Waals surface area contributed by atoms with E-state index in [2.05, 4.69) is 0 Å². The molecule has 3 nitrogen and oxygen atoms in total. The van der Waals surface area contributed by atoms with Gasteiger partial charge in [0.2, 0.25) is 0 Å². The summed E-state index contributed by atoms with van der Waals surface area (Å²) in [7, 11) is 0. The van der Waals surface area contributed by atoms with Crippen molar-refractivity contribution in [1.29, 1.82) is 5.26 Å². The number of halogens is 1. The topological polar surface area (TPSA) is 59.0 Å². The van der Waals surface area contributed by atoms with Gasteiger partial charge in [-0.3, -0.25) is 0 Å². The first kappa shape index (κ1) is 13.2. The van der Waals surface area contributed by atoms with Crippen LogP contribution in [0.4, 0.5) is 0 Å². The molecule has 1 saturated carbocycles. The van der Waals surface area contributed by atoms with E-state index in [1.165, 1.54) is 19.3 Å². The summed E-state index contributed by atoms with van der Waals surface area (Å²) in [6.07, 6.45) is 5.60. The van der Waals surface area contributed by atoms with E-state index in [1.54, 1.807) is 18.2 Å². The van der Waals surface area contributed by atoms with Crippen molar-refractivity contribution in [3.05, 3.63) is 28.8 Å². The van der Waals surface area contributed by atoms with E-state index in [0.717, 1.165) is 12.8 Å². The van der Waals surface area contributed by atoms with Gasteiger partial charge in [-0.2, -0.15) is 5.26 Å². The van der Waals surface area contributed by atoms with Crippen molar-refractivity contribution in [3.8, 4) is 11.8 Å². The molecule has 0 amide bonds. The van der Waals surface area contributed by atoms with Gasteiger partial charge in [0.25, 0.3) is 0 Å². The zero-order valence-corrected chi connectivity index (χ0v) is 11.0. The highest BCUT2D eigenvalue weighted by Gasteiger charge is 2.28. The molecule has 96 valence electrons. The second-order valence-electron chi connectivity index (χ2n) is 4.97. The molecule has 2 rings (SSSR count). The number of hydrogen-bond donors (Lipinski definition) is 1. The maximum Gasteiger partial charge on any atom is 0.138 e. The summed E-state index contributed by atoms with van der Waals surface area (Å²) in [5.74, 6) is 0.603. The second-order valence-corrected chi connectivity index (χ2v) is 5.38. The first-order chi connectivity index (χ1) is 8.63. The standard InChI is InChI=1S/C14H17ClN2O/c15-12-8-11(9-16)4-5-13(12)18-10-14(17)6-2-1-3-7-14/h4-5,8H,1-3,6-7,10,17H2. The van der Waals surface area contributed by atoms with Gasteiger partial charge < -0.3 is 10.5 Å². The molecule has 0 spiro atoms. The molecule has 0 bridgehead atoms. The number of benzene rings is 1. The van der Waals surface area contributed by atoms with Crippen LogP contribution in [0.25, 0.3) is 0 Å². The lowest BCUT2D eigenvalue weighted by Crippen LogP contribution is -2.47. The van der Waals surface area contributed by atoms with E-state index in [0.29, 0.717) is 22.9 Å². The van der Waals surface area contributed by atoms with Gasteiger partial charge in [0, 0.05) is 0 Å². The molecule has 4 heteroatoms. The Morgan fingerprint density at radius 3 is 2.67 bits per heavy atom. The lowest BCUT2D eigenvalue weighted by Gasteiger charge is -2.33. The van der Waals surface area contributed by atoms with E-state index >= 15 is 0 Å². The molecule has 0 aromatic heterocycles. The minimum absolute atomic E-state index is 0.227. The summed E-state index contributed by atoms with van der Waals surface area (Å²) in [6.45, 7) is 0.485. The summed E-state index contributed by atoms with van der Waals surface area (Å²) in [6, 6.07) is 7.08. The minimum Gasteiger partial charge on any atom is -0.490 e. The fraction of sp³-hybridized carbons (Fsp3) is 0.500. The van der Waals surface area contributed by atoms with Crippen molar-refractivity contribution < 1.29 is 4.74 Å². The zero-order valence-electron chi connectivity index (χ0n) is 10.3. The molecule has 1 aromatic carbocycles. The van der Waals surface area contributed by atoms with Crippen LogP contribution in [0.3, 0.4) is 0 Å². The fourth-order valence-electron chi connectivity index (χ4n) is 2.31. The van der Waals surface area contributed by atoms with Crippen LogP contribution in [0.5, 0.6) is 5.75 Å². The second kappa shape index (κ2) is 5.60. The molecule has 1 aromatic rings. The van der Waals surface area contributed by atoms with Crippen LogP contribution in [0, 0.1) is 11.3 Å². The molecule has 18 heavy (non-hydrogen) atoms. The van der Waals surface area contributed by atoms with E-state index in [-0.39, 0.29) is 5.54 Å². The Morgan fingerprint density at radius 1 is 1.33 bits per heavy atom. The van der Waals surface area contributed by atoms with Crippen LogP contribution in [0.1, 0.15) is 37.7 Å². The van der Waals surface area contributed by atoms with E-state index < -0.39 is 0 Å². The smallest absolute Gasteiger partial charge is 0.138 e. The summed E-state index contributed by atoms with van der Waals surface area (Å²) >= 11 is 6.05. The fourth-order valence-corrected chi connectivity index (χ4v) is 2.54. The Kier molecular flexibility index (Phi) is 4.11. The Bertz CT molecular complexity index is 461. The van der Waals surface area contributed by atoms with Crippen molar-refractivity contribution in [1.82, 2.24) is 0 Å². The number of rotatable bonds is 3. The Labute approximate surface area is 112 Å². The molecular weight excluding hydrogens is 248 g/mol. The maximum atomic E-state index is 8.76. The van der Waals surface area contributed by atoms with Crippen molar-refractivity contribution in [2.75, 3.05) is 6.61 Å². The first-order valence-corrected chi connectivity index (χ1v) is 6.62. The predicted molar refractivity (Wildman–Crippen MR) is 71.7 cm³/mol. The van der Waals surface area contributed by atoms with Crippen molar-refractivity contribution >= 4 is 11.6 Å². The lowest BCUT2D eigenvalue weighted by molar-refractivity contribution is 0.174. The van der Waals surface area contributed by atoms with Crippen LogP contribution in [0.2, 0.25) is 5.02 Å². The lowest BCUT2D eigenvalue weighted by atomic mass is 9.83. The van der Waals surface area contributed by atoms with Crippen LogP contribution in [-0.2, 0) is 0 Å². The molecule has 0 radical (unpaired) electrons. The van der Waals surface area contributed by atoms with E-state index in [4.69, 9.17) is 27.3 Å². The van der Waals surface area contributed by atoms with Crippen LogP contribution in [0.15, 0.2) is 18.2 Å². The molecule has 0 unspecified atom stereocenters. The number of nitrogens with zero attached hydrogens (tertiary/aromatic N) is 1. The quantitative estimate of drug-likeness (QED) is 0.912. The third kappa shape index (κ3) is 3.16. The Balaban J connectivity index is 2.00. The van der Waals surface area contributed by atoms with E-state index in [9.17, 15) is 0 Å². The van der Waals surface area contributed by atoms with Gasteiger partial charge in [0.15, 0.2) is 0 Å². The van der Waals surface area contributed by atoms with Crippen LogP contribution >= 0.6 is 11.6 Å². The highest BCUT2D eigenvalue weighted by atomic mass is 35.5.